The molecule has 0 aromatic heterocycles. The van der Waals surface area contributed by atoms with Crippen molar-refractivity contribution in [3.8, 4) is 23.0 Å². The van der Waals surface area contributed by atoms with Crippen LogP contribution < -0.4 is 18.9 Å². The van der Waals surface area contributed by atoms with E-state index in [1.165, 1.54) is 0 Å². The molecule has 0 bridgehead atoms. The summed E-state index contributed by atoms with van der Waals surface area (Å²) < 4.78 is 23.3. The summed E-state index contributed by atoms with van der Waals surface area (Å²) >= 11 is 6.47. The van der Waals surface area contributed by atoms with Gasteiger partial charge in [-0.25, -0.2) is 5.01 Å². The Balaban J connectivity index is 1.59. The zero-order valence-electron chi connectivity index (χ0n) is 18.7. The van der Waals surface area contributed by atoms with E-state index in [1.807, 2.05) is 66.5 Å². The van der Waals surface area contributed by atoms with Crippen LogP contribution in [0.3, 0.4) is 0 Å². The molecule has 0 amide bonds. The van der Waals surface area contributed by atoms with Crippen molar-refractivity contribution in [2.45, 2.75) is 25.6 Å². The lowest BCUT2D eigenvalue weighted by molar-refractivity contribution is -0.0205. The van der Waals surface area contributed by atoms with Crippen molar-refractivity contribution in [1.29, 1.82) is 0 Å². The average Bonchev–Trinajstić information content (AvgIpc) is 3.30. The minimum atomic E-state index is -0.467. The Morgan fingerprint density at radius 1 is 1.00 bits per heavy atom. The molecule has 33 heavy (non-hydrogen) atoms. The summed E-state index contributed by atoms with van der Waals surface area (Å²) in [6, 6.07) is 19.7. The molecule has 0 N–H and O–H groups in total. The number of hydrogen-bond donors (Lipinski definition) is 0. The Morgan fingerprint density at radius 2 is 1.82 bits per heavy atom. The van der Waals surface area contributed by atoms with Crippen LogP contribution in [0.15, 0.2) is 65.8 Å². The van der Waals surface area contributed by atoms with E-state index >= 15 is 0 Å². The highest BCUT2D eigenvalue weighted by Crippen LogP contribution is 2.50. The summed E-state index contributed by atoms with van der Waals surface area (Å²) in [4.78, 5) is 0. The Bertz CT molecular complexity index is 1210. The van der Waals surface area contributed by atoms with Crippen LogP contribution in [0, 0.1) is 0 Å². The molecular weight excluding hydrogens is 440 g/mol. The van der Waals surface area contributed by atoms with Gasteiger partial charge in [-0.15, -0.1) is 0 Å². The van der Waals surface area contributed by atoms with E-state index in [4.69, 9.17) is 35.6 Å². The molecule has 0 unspecified atom stereocenters. The van der Waals surface area contributed by atoms with E-state index in [0.29, 0.717) is 28.9 Å². The Kier molecular flexibility index (Phi) is 5.77. The van der Waals surface area contributed by atoms with E-state index in [9.17, 15) is 0 Å². The van der Waals surface area contributed by atoms with Crippen LogP contribution in [0.1, 0.15) is 42.3 Å². The third kappa shape index (κ3) is 3.74. The van der Waals surface area contributed by atoms with Gasteiger partial charge in [-0.3, -0.25) is 0 Å². The fourth-order valence-electron chi connectivity index (χ4n) is 4.47. The van der Waals surface area contributed by atoms with E-state index in [0.717, 1.165) is 34.6 Å². The zero-order chi connectivity index (χ0) is 22.9. The molecule has 3 aromatic rings. The lowest BCUT2D eigenvalue weighted by atomic mass is 9.95. The maximum absolute atomic E-state index is 6.47. The molecule has 0 spiro atoms. The molecule has 5 rings (SSSR count). The Hall–Kier alpha value is -3.38. The largest absolute Gasteiger partial charge is 0.493 e. The standard InChI is InChI=1S/C26H25ClN2O4/c1-4-32-23-13-12-16(14-19(23)27)20-15-21-17-8-5-6-10-22(17)33-26(29(21)28-20)18-9-7-11-24(30-2)25(18)31-3/h5-14,21,26H,4,15H2,1-3H3/t21-,26-/m1/s1. The van der Waals surface area contributed by atoms with Crippen LogP contribution >= 0.6 is 11.6 Å². The molecule has 0 radical (unpaired) electrons. The first kappa shape index (κ1) is 21.5. The van der Waals surface area contributed by atoms with Gasteiger partial charge < -0.3 is 18.9 Å². The second-order valence-corrected chi connectivity index (χ2v) is 8.22. The molecule has 7 heteroatoms. The first-order valence-corrected chi connectivity index (χ1v) is 11.3. The van der Waals surface area contributed by atoms with Gasteiger partial charge in [-0.05, 0) is 48.9 Å². The van der Waals surface area contributed by atoms with Gasteiger partial charge in [-0.2, -0.15) is 5.10 Å². The number of benzene rings is 3. The number of ether oxygens (including phenoxy) is 4. The Labute approximate surface area is 198 Å². The van der Waals surface area contributed by atoms with Crippen LogP contribution in [0.2, 0.25) is 5.02 Å². The fourth-order valence-corrected chi connectivity index (χ4v) is 4.71. The average molecular weight is 465 g/mol. The van der Waals surface area contributed by atoms with Crippen LogP contribution in [-0.4, -0.2) is 31.5 Å². The summed E-state index contributed by atoms with van der Waals surface area (Å²) in [5, 5.41) is 7.60. The lowest BCUT2D eigenvalue weighted by Gasteiger charge is -2.38. The maximum atomic E-state index is 6.47. The SMILES string of the molecule is CCOc1ccc(C2=NN3[C@H](C2)c2ccccc2O[C@@H]3c2cccc(OC)c2OC)cc1Cl. The van der Waals surface area contributed by atoms with Gasteiger partial charge in [0.05, 0.1) is 43.2 Å². The quantitative estimate of drug-likeness (QED) is 0.448. The van der Waals surface area contributed by atoms with Gasteiger partial charge in [0.25, 0.3) is 0 Å². The third-order valence-corrected chi connectivity index (χ3v) is 6.26. The van der Waals surface area contributed by atoms with Crippen molar-refractivity contribution in [1.82, 2.24) is 5.01 Å². The molecule has 0 saturated heterocycles. The highest BCUT2D eigenvalue weighted by atomic mass is 35.5. The molecule has 2 heterocycles. The number of halogens is 1. The molecule has 2 aliphatic heterocycles. The van der Waals surface area contributed by atoms with Gasteiger partial charge in [0.2, 0.25) is 6.23 Å². The van der Waals surface area contributed by atoms with Crippen molar-refractivity contribution in [3.63, 3.8) is 0 Å². The normalized spacial score (nSPS) is 18.7. The van der Waals surface area contributed by atoms with Gasteiger partial charge in [-0.1, -0.05) is 35.9 Å². The molecule has 0 aliphatic carbocycles. The van der Waals surface area contributed by atoms with Crippen molar-refractivity contribution in [2.75, 3.05) is 20.8 Å². The van der Waals surface area contributed by atoms with Crippen LogP contribution in [0.25, 0.3) is 0 Å². The predicted molar refractivity (Wildman–Crippen MR) is 128 cm³/mol. The van der Waals surface area contributed by atoms with Crippen LogP contribution in [0.4, 0.5) is 0 Å². The maximum Gasteiger partial charge on any atom is 0.217 e. The lowest BCUT2D eigenvalue weighted by Crippen LogP contribution is -2.34. The molecule has 170 valence electrons. The molecule has 3 aromatic carbocycles. The summed E-state index contributed by atoms with van der Waals surface area (Å²) in [6.07, 6.45) is 0.263. The first-order chi connectivity index (χ1) is 16.1. The smallest absolute Gasteiger partial charge is 0.217 e. The van der Waals surface area contributed by atoms with Gasteiger partial charge >= 0.3 is 0 Å². The zero-order valence-corrected chi connectivity index (χ0v) is 19.5. The molecule has 6 nitrogen and oxygen atoms in total. The molecule has 0 fully saturated rings. The van der Waals surface area contributed by atoms with Gasteiger partial charge in [0, 0.05) is 12.0 Å². The molecular formula is C26H25ClN2O4. The van der Waals surface area contributed by atoms with Crippen molar-refractivity contribution < 1.29 is 18.9 Å². The number of nitrogens with zero attached hydrogens (tertiary/aromatic N) is 2. The van der Waals surface area contributed by atoms with Gasteiger partial charge in [0.1, 0.15) is 11.5 Å². The minimum absolute atomic E-state index is 0.0243. The number of methoxy groups -OCH3 is 2. The van der Waals surface area contributed by atoms with E-state index in [-0.39, 0.29) is 6.04 Å². The topological polar surface area (TPSA) is 52.5 Å². The number of hydrazone groups is 1. The van der Waals surface area contributed by atoms with Crippen molar-refractivity contribution >= 4 is 17.3 Å². The summed E-state index contributed by atoms with van der Waals surface area (Å²) in [6.45, 7) is 2.50. The molecule has 2 aliphatic rings. The van der Waals surface area contributed by atoms with Crippen LogP contribution in [-0.2, 0) is 0 Å². The van der Waals surface area contributed by atoms with E-state index in [1.54, 1.807) is 14.2 Å². The fraction of sp³-hybridized carbons (Fsp3) is 0.269. The highest BCUT2D eigenvalue weighted by molar-refractivity contribution is 6.32. The molecule has 2 atom stereocenters. The van der Waals surface area contributed by atoms with Crippen LogP contribution in [0.5, 0.6) is 23.0 Å². The van der Waals surface area contributed by atoms with E-state index in [2.05, 4.69) is 6.07 Å². The minimum Gasteiger partial charge on any atom is -0.493 e. The highest BCUT2D eigenvalue weighted by Gasteiger charge is 2.42. The summed E-state index contributed by atoms with van der Waals surface area (Å²) in [5.74, 6) is 2.80. The summed E-state index contributed by atoms with van der Waals surface area (Å²) in [5.41, 5.74) is 3.86. The van der Waals surface area contributed by atoms with E-state index < -0.39 is 6.23 Å². The number of rotatable bonds is 6. The molecule has 0 saturated carbocycles. The third-order valence-electron chi connectivity index (χ3n) is 5.96. The predicted octanol–water partition coefficient (Wildman–Crippen LogP) is 6.00. The number of para-hydroxylation sites is 2. The second kappa shape index (κ2) is 8.87. The summed E-state index contributed by atoms with van der Waals surface area (Å²) in [7, 11) is 3.26. The van der Waals surface area contributed by atoms with Crippen molar-refractivity contribution in [3.05, 3.63) is 82.4 Å². The van der Waals surface area contributed by atoms with Gasteiger partial charge in [0.15, 0.2) is 11.5 Å². The number of hydrogen-bond acceptors (Lipinski definition) is 6. The number of fused-ring (bicyclic) bond motifs is 3. The van der Waals surface area contributed by atoms with Crippen molar-refractivity contribution in [2.24, 2.45) is 5.10 Å². The Morgan fingerprint density at radius 3 is 2.58 bits per heavy atom. The monoisotopic (exact) mass is 464 g/mol. The second-order valence-electron chi connectivity index (χ2n) is 7.82. The first-order valence-electron chi connectivity index (χ1n) is 10.9.